The Balaban J connectivity index is 1.55. The van der Waals surface area contributed by atoms with E-state index in [2.05, 4.69) is 5.32 Å². The second-order valence-electron chi connectivity index (χ2n) is 10.7. The Hall–Kier alpha value is -4.48. The van der Waals surface area contributed by atoms with Crippen LogP contribution in [0.1, 0.15) is 37.4 Å². The number of halogens is 1. The quantitative estimate of drug-likeness (QED) is 0.298. The topological polar surface area (TPSA) is 66.5 Å². The Kier molecular flexibility index (Phi) is 5.55. The summed E-state index contributed by atoms with van der Waals surface area (Å²) in [4.78, 5) is 45.7. The molecule has 196 valence electrons. The van der Waals surface area contributed by atoms with Gasteiger partial charge in [0.2, 0.25) is 5.91 Å². The van der Waals surface area contributed by atoms with Crippen LogP contribution in [0.2, 0.25) is 5.02 Å². The SMILES string of the molecule is Cc1ccc2c(c1)N1[C@H](C(=O)c3ccccc3)[C@H](C(=O)c3ccc(Cl)cc3)[C@]3(C(=O)Nc4ccccc43)[C@H]1C=C2. The number of anilines is 2. The largest absolute Gasteiger partial charge is 0.352 e. The van der Waals surface area contributed by atoms with Crippen molar-refractivity contribution in [2.75, 3.05) is 10.2 Å². The molecule has 4 aromatic rings. The first-order chi connectivity index (χ1) is 19.4. The molecular weight excluding hydrogens is 520 g/mol. The van der Waals surface area contributed by atoms with Crippen LogP contribution in [0, 0.1) is 12.8 Å². The van der Waals surface area contributed by atoms with E-state index in [0.717, 1.165) is 22.4 Å². The first-order valence-corrected chi connectivity index (χ1v) is 13.7. The third-order valence-corrected chi connectivity index (χ3v) is 8.78. The van der Waals surface area contributed by atoms with Crippen LogP contribution in [0.5, 0.6) is 0 Å². The number of nitrogens with zero attached hydrogens (tertiary/aromatic N) is 1. The van der Waals surface area contributed by atoms with E-state index in [1.54, 1.807) is 36.4 Å². The maximum Gasteiger partial charge on any atom is 0.238 e. The highest BCUT2D eigenvalue weighted by Gasteiger charge is 2.70. The zero-order valence-electron chi connectivity index (χ0n) is 21.7. The minimum absolute atomic E-state index is 0.199. The van der Waals surface area contributed by atoms with E-state index in [-0.39, 0.29) is 17.5 Å². The lowest BCUT2D eigenvalue weighted by molar-refractivity contribution is -0.121. The summed E-state index contributed by atoms with van der Waals surface area (Å²) >= 11 is 6.17. The highest BCUT2D eigenvalue weighted by Crippen LogP contribution is 2.58. The molecule has 1 N–H and O–H groups in total. The van der Waals surface area contributed by atoms with Gasteiger partial charge >= 0.3 is 0 Å². The molecule has 7 rings (SSSR count). The molecule has 0 radical (unpaired) electrons. The predicted octanol–water partition coefficient (Wildman–Crippen LogP) is 6.50. The van der Waals surface area contributed by atoms with Gasteiger partial charge in [-0.15, -0.1) is 0 Å². The van der Waals surface area contributed by atoms with Gasteiger partial charge in [0.15, 0.2) is 11.6 Å². The molecule has 5 nitrogen and oxygen atoms in total. The number of nitrogens with one attached hydrogen (secondary N) is 1. The molecule has 1 saturated heterocycles. The van der Waals surface area contributed by atoms with Gasteiger partial charge in [0, 0.05) is 27.5 Å². The molecule has 0 aromatic heterocycles. The fourth-order valence-electron chi connectivity index (χ4n) is 6.84. The molecule has 3 aliphatic heterocycles. The van der Waals surface area contributed by atoms with Crippen LogP contribution in [0.4, 0.5) is 11.4 Å². The zero-order chi connectivity index (χ0) is 27.6. The van der Waals surface area contributed by atoms with Crippen molar-refractivity contribution >= 4 is 46.5 Å². The summed E-state index contributed by atoms with van der Waals surface area (Å²) in [6.45, 7) is 2.00. The minimum atomic E-state index is -1.33. The summed E-state index contributed by atoms with van der Waals surface area (Å²) in [5, 5.41) is 3.56. The number of hydrogen-bond donors (Lipinski definition) is 1. The normalized spacial score (nSPS) is 23.9. The average molecular weight is 545 g/mol. The summed E-state index contributed by atoms with van der Waals surface area (Å²) in [5.74, 6) is -1.75. The second kappa shape index (κ2) is 9.04. The Morgan fingerprint density at radius 3 is 2.33 bits per heavy atom. The lowest BCUT2D eigenvalue weighted by Gasteiger charge is -2.37. The smallest absolute Gasteiger partial charge is 0.238 e. The number of rotatable bonds is 4. The van der Waals surface area contributed by atoms with Crippen LogP contribution < -0.4 is 10.2 Å². The maximum atomic E-state index is 14.7. The van der Waals surface area contributed by atoms with E-state index in [1.165, 1.54) is 0 Å². The van der Waals surface area contributed by atoms with Gasteiger partial charge in [0.05, 0.1) is 12.0 Å². The number of fused-ring (bicyclic) bond motifs is 6. The molecule has 0 unspecified atom stereocenters. The van der Waals surface area contributed by atoms with Gasteiger partial charge in [-0.1, -0.05) is 84.4 Å². The molecule has 3 aliphatic rings. The predicted molar refractivity (Wildman–Crippen MR) is 157 cm³/mol. The van der Waals surface area contributed by atoms with Crippen molar-refractivity contribution in [1.29, 1.82) is 0 Å². The van der Waals surface area contributed by atoms with Gasteiger partial charge < -0.3 is 10.2 Å². The molecular formula is C34H25ClN2O3. The number of aryl methyl sites for hydroxylation is 1. The maximum absolute atomic E-state index is 14.7. The lowest BCUT2D eigenvalue weighted by atomic mass is 9.64. The van der Waals surface area contributed by atoms with E-state index >= 15 is 0 Å². The molecule has 1 spiro atoms. The van der Waals surface area contributed by atoms with Crippen molar-refractivity contribution < 1.29 is 14.4 Å². The van der Waals surface area contributed by atoms with Gasteiger partial charge in [-0.2, -0.15) is 0 Å². The zero-order valence-corrected chi connectivity index (χ0v) is 22.4. The first-order valence-electron chi connectivity index (χ1n) is 13.3. The van der Waals surface area contributed by atoms with Gasteiger partial charge in [-0.05, 0) is 60.0 Å². The van der Waals surface area contributed by atoms with Gasteiger partial charge in [-0.25, -0.2) is 0 Å². The monoisotopic (exact) mass is 544 g/mol. The van der Waals surface area contributed by atoms with Crippen LogP contribution >= 0.6 is 11.6 Å². The van der Waals surface area contributed by atoms with Crippen molar-refractivity contribution in [3.8, 4) is 0 Å². The standard InChI is InChI=1S/C34H25ClN2O3/c1-20-11-12-21-15-18-28-34(25-9-5-6-10-26(25)36-33(34)40)29(31(38)23-13-16-24(35)17-14-23)30(37(28)27(21)19-20)32(39)22-7-3-2-4-8-22/h2-19,28-30H,1H3,(H,36,40)/t28-,29-,30+,34-/m1/s1. The fraction of sp³-hybridized carbons (Fsp3) is 0.147. The third kappa shape index (κ3) is 3.37. The lowest BCUT2D eigenvalue weighted by Crippen LogP contribution is -2.51. The van der Waals surface area contributed by atoms with Gasteiger partial charge in [0.25, 0.3) is 0 Å². The Morgan fingerprint density at radius 2 is 1.55 bits per heavy atom. The number of hydrogen-bond acceptors (Lipinski definition) is 4. The molecule has 4 atom stereocenters. The van der Waals surface area contributed by atoms with Crippen LogP contribution in [-0.2, 0) is 10.2 Å². The van der Waals surface area contributed by atoms with Crippen molar-refractivity contribution in [3.05, 3.63) is 136 Å². The number of carbonyl (C=O) groups excluding carboxylic acids is 3. The molecule has 6 heteroatoms. The molecule has 0 bridgehead atoms. The summed E-state index contributed by atoms with van der Waals surface area (Å²) in [7, 11) is 0. The van der Waals surface area contributed by atoms with Crippen molar-refractivity contribution in [2.45, 2.75) is 24.4 Å². The summed E-state index contributed by atoms with van der Waals surface area (Å²) in [5.41, 5.74) is 3.76. The summed E-state index contributed by atoms with van der Waals surface area (Å²) < 4.78 is 0. The highest BCUT2D eigenvalue weighted by molar-refractivity contribution is 6.30. The van der Waals surface area contributed by atoms with E-state index in [0.29, 0.717) is 21.8 Å². The van der Waals surface area contributed by atoms with Crippen LogP contribution in [0.3, 0.4) is 0 Å². The molecule has 0 saturated carbocycles. The Morgan fingerprint density at radius 1 is 0.850 bits per heavy atom. The fourth-order valence-corrected chi connectivity index (χ4v) is 6.97. The third-order valence-electron chi connectivity index (χ3n) is 8.53. The Labute approximate surface area is 237 Å². The van der Waals surface area contributed by atoms with Crippen molar-refractivity contribution in [2.24, 2.45) is 5.92 Å². The number of carbonyl (C=O) groups is 3. The van der Waals surface area contributed by atoms with E-state index in [9.17, 15) is 14.4 Å². The van der Waals surface area contributed by atoms with Crippen molar-refractivity contribution in [1.82, 2.24) is 0 Å². The number of Topliss-reactive ketones (excluding diaryl/α,β-unsaturated/α-hetero) is 2. The summed E-state index contributed by atoms with van der Waals surface area (Å²) in [6.07, 6.45) is 3.99. The first kappa shape index (κ1) is 24.6. The van der Waals surface area contributed by atoms with Crippen LogP contribution in [-0.4, -0.2) is 29.6 Å². The number of benzene rings is 4. The Bertz CT molecular complexity index is 1730. The van der Waals surface area contributed by atoms with Gasteiger partial charge in [0.1, 0.15) is 11.5 Å². The molecule has 1 fully saturated rings. The number of para-hydroxylation sites is 1. The average Bonchev–Trinajstić information content (AvgIpc) is 3.45. The van der Waals surface area contributed by atoms with Crippen LogP contribution in [0.15, 0.2) is 103 Å². The van der Waals surface area contributed by atoms with Crippen LogP contribution in [0.25, 0.3) is 6.08 Å². The van der Waals surface area contributed by atoms with E-state index < -0.39 is 23.4 Å². The van der Waals surface area contributed by atoms with E-state index in [1.807, 2.05) is 84.6 Å². The second-order valence-corrected chi connectivity index (χ2v) is 11.1. The number of amides is 1. The molecule has 0 aliphatic carbocycles. The molecule has 4 aromatic carbocycles. The number of ketones is 2. The van der Waals surface area contributed by atoms with Gasteiger partial charge in [-0.3, -0.25) is 14.4 Å². The van der Waals surface area contributed by atoms with E-state index in [4.69, 9.17) is 11.6 Å². The minimum Gasteiger partial charge on any atom is -0.352 e. The summed E-state index contributed by atoms with van der Waals surface area (Å²) in [6, 6.07) is 27.8. The molecule has 1 amide bonds. The van der Waals surface area contributed by atoms with Crippen molar-refractivity contribution in [3.63, 3.8) is 0 Å². The molecule has 40 heavy (non-hydrogen) atoms. The molecule has 3 heterocycles. The highest BCUT2D eigenvalue weighted by atomic mass is 35.5.